The highest BCUT2D eigenvalue weighted by atomic mass is 19.1. The zero-order valence-corrected chi connectivity index (χ0v) is 9.05. The molecule has 2 rings (SSSR count). The molecule has 0 saturated carbocycles. The van der Waals surface area contributed by atoms with Gasteiger partial charge in [0.1, 0.15) is 5.82 Å². The predicted molar refractivity (Wildman–Crippen MR) is 56.5 cm³/mol. The van der Waals surface area contributed by atoms with Crippen molar-refractivity contribution >= 4 is 0 Å². The average Bonchev–Trinajstić information content (AvgIpc) is 2.63. The quantitative estimate of drug-likeness (QED) is 0.825. The second-order valence-corrected chi connectivity index (χ2v) is 3.72. The van der Waals surface area contributed by atoms with Gasteiger partial charge in [-0.1, -0.05) is 0 Å². The SMILES string of the molecule is Cc1cc(F)cc(-n2nnnc2C(C)N)c1. The molecule has 0 amide bonds. The molecule has 0 bridgehead atoms. The normalized spacial score (nSPS) is 12.8. The molecule has 0 radical (unpaired) electrons. The molecule has 2 aromatic rings. The number of halogens is 1. The minimum Gasteiger partial charge on any atom is -0.321 e. The van der Waals surface area contributed by atoms with Crippen LogP contribution in [0.4, 0.5) is 4.39 Å². The van der Waals surface area contributed by atoms with Crippen LogP contribution in [0.1, 0.15) is 24.4 Å². The van der Waals surface area contributed by atoms with Crippen molar-refractivity contribution in [1.82, 2.24) is 20.2 Å². The fourth-order valence-electron chi connectivity index (χ4n) is 1.50. The summed E-state index contributed by atoms with van der Waals surface area (Å²) in [6, 6.07) is 4.30. The van der Waals surface area contributed by atoms with Crippen LogP contribution in [-0.2, 0) is 0 Å². The number of hydrogen-bond acceptors (Lipinski definition) is 4. The third kappa shape index (κ3) is 1.92. The van der Waals surface area contributed by atoms with Gasteiger partial charge in [-0.05, 0) is 48.0 Å². The van der Waals surface area contributed by atoms with Crippen LogP contribution < -0.4 is 5.73 Å². The molecule has 16 heavy (non-hydrogen) atoms. The van der Waals surface area contributed by atoms with Crippen molar-refractivity contribution in [2.75, 3.05) is 0 Å². The van der Waals surface area contributed by atoms with Crippen LogP contribution in [0.25, 0.3) is 5.69 Å². The first kappa shape index (κ1) is 10.7. The Labute approximate surface area is 92.1 Å². The first-order valence-corrected chi connectivity index (χ1v) is 4.89. The molecule has 1 atom stereocenters. The molecule has 1 heterocycles. The van der Waals surface area contributed by atoms with E-state index in [9.17, 15) is 4.39 Å². The largest absolute Gasteiger partial charge is 0.321 e. The Morgan fingerprint density at radius 1 is 1.38 bits per heavy atom. The molecule has 0 aliphatic heterocycles. The van der Waals surface area contributed by atoms with E-state index in [1.54, 1.807) is 13.0 Å². The van der Waals surface area contributed by atoms with Gasteiger partial charge in [0.15, 0.2) is 5.82 Å². The Morgan fingerprint density at radius 3 is 2.75 bits per heavy atom. The second kappa shape index (κ2) is 3.97. The summed E-state index contributed by atoms with van der Waals surface area (Å²) in [7, 11) is 0. The summed E-state index contributed by atoms with van der Waals surface area (Å²) in [6.07, 6.45) is 0. The summed E-state index contributed by atoms with van der Waals surface area (Å²) >= 11 is 0. The van der Waals surface area contributed by atoms with Gasteiger partial charge >= 0.3 is 0 Å². The van der Waals surface area contributed by atoms with E-state index >= 15 is 0 Å². The van der Waals surface area contributed by atoms with Gasteiger partial charge in [0.25, 0.3) is 0 Å². The monoisotopic (exact) mass is 221 g/mol. The van der Waals surface area contributed by atoms with Gasteiger partial charge in [-0.15, -0.1) is 5.10 Å². The smallest absolute Gasteiger partial charge is 0.173 e. The van der Waals surface area contributed by atoms with Crippen molar-refractivity contribution < 1.29 is 4.39 Å². The molecule has 6 heteroatoms. The fourth-order valence-corrected chi connectivity index (χ4v) is 1.50. The number of aromatic nitrogens is 4. The molecule has 0 spiro atoms. The van der Waals surface area contributed by atoms with Crippen LogP contribution in [0, 0.1) is 12.7 Å². The summed E-state index contributed by atoms with van der Waals surface area (Å²) in [4.78, 5) is 0. The van der Waals surface area contributed by atoms with E-state index in [1.165, 1.54) is 16.8 Å². The van der Waals surface area contributed by atoms with Gasteiger partial charge in [0, 0.05) is 0 Å². The van der Waals surface area contributed by atoms with Gasteiger partial charge in [-0.25, -0.2) is 4.39 Å². The lowest BCUT2D eigenvalue weighted by molar-refractivity contribution is 0.620. The van der Waals surface area contributed by atoms with E-state index in [0.717, 1.165) is 5.56 Å². The van der Waals surface area contributed by atoms with E-state index in [0.29, 0.717) is 11.5 Å². The summed E-state index contributed by atoms with van der Waals surface area (Å²) in [5.41, 5.74) is 7.10. The molecule has 0 aliphatic carbocycles. The van der Waals surface area contributed by atoms with Crippen LogP contribution in [-0.4, -0.2) is 20.2 Å². The van der Waals surface area contributed by atoms with Gasteiger partial charge in [-0.3, -0.25) is 0 Å². The Morgan fingerprint density at radius 2 is 2.12 bits per heavy atom. The zero-order valence-electron chi connectivity index (χ0n) is 9.05. The summed E-state index contributed by atoms with van der Waals surface area (Å²) in [5, 5.41) is 11.1. The number of nitrogens with two attached hydrogens (primary N) is 1. The van der Waals surface area contributed by atoms with Crippen LogP contribution in [0.2, 0.25) is 0 Å². The molecule has 5 nitrogen and oxygen atoms in total. The highest BCUT2D eigenvalue weighted by Gasteiger charge is 2.12. The molecule has 1 aromatic heterocycles. The number of rotatable bonds is 2. The number of aryl methyl sites for hydroxylation is 1. The molecule has 0 fully saturated rings. The Hall–Kier alpha value is -1.82. The highest BCUT2D eigenvalue weighted by molar-refractivity contribution is 5.35. The maximum absolute atomic E-state index is 13.2. The van der Waals surface area contributed by atoms with Gasteiger partial charge in [0.2, 0.25) is 0 Å². The molecule has 0 saturated heterocycles. The number of nitrogens with zero attached hydrogens (tertiary/aromatic N) is 4. The lowest BCUT2D eigenvalue weighted by atomic mass is 10.2. The van der Waals surface area contributed by atoms with Crippen molar-refractivity contribution in [2.24, 2.45) is 5.73 Å². The molecular formula is C10H12FN5. The van der Waals surface area contributed by atoms with Gasteiger partial charge < -0.3 is 5.73 Å². The lowest BCUT2D eigenvalue weighted by Crippen LogP contribution is -2.13. The Kier molecular flexibility index (Phi) is 2.66. The van der Waals surface area contributed by atoms with Crippen LogP contribution >= 0.6 is 0 Å². The van der Waals surface area contributed by atoms with Crippen LogP contribution in [0.3, 0.4) is 0 Å². The Balaban J connectivity index is 2.54. The first-order chi connectivity index (χ1) is 7.58. The predicted octanol–water partition coefficient (Wildman–Crippen LogP) is 1.13. The van der Waals surface area contributed by atoms with Gasteiger partial charge in [-0.2, -0.15) is 4.68 Å². The van der Waals surface area contributed by atoms with Gasteiger partial charge in [0.05, 0.1) is 11.7 Å². The summed E-state index contributed by atoms with van der Waals surface area (Å²) in [5.74, 6) is 0.186. The molecule has 1 unspecified atom stereocenters. The number of tetrazole rings is 1. The first-order valence-electron chi connectivity index (χ1n) is 4.89. The minimum atomic E-state index is -0.318. The van der Waals surface area contributed by atoms with Crippen LogP contribution in [0.15, 0.2) is 18.2 Å². The lowest BCUT2D eigenvalue weighted by Gasteiger charge is -2.07. The average molecular weight is 221 g/mol. The third-order valence-electron chi connectivity index (χ3n) is 2.17. The molecule has 0 aliphatic rings. The maximum Gasteiger partial charge on any atom is 0.173 e. The maximum atomic E-state index is 13.2. The molecular weight excluding hydrogens is 209 g/mol. The summed E-state index contributed by atoms with van der Waals surface area (Å²) in [6.45, 7) is 3.58. The van der Waals surface area contributed by atoms with Crippen molar-refractivity contribution in [3.8, 4) is 5.69 Å². The topological polar surface area (TPSA) is 69.6 Å². The molecule has 1 aromatic carbocycles. The second-order valence-electron chi connectivity index (χ2n) is 3.72. The van der Waals surface area contributed by atoms with E-state index < -0.39 is 0 Å². The molecule has 84 valence electrons. The van der Waals surface area contributed by atoms with E-state index in [4.69, 9.17) is 5.73 Å². The van der Waals surface area contributed by atoms with Crippen molar-refractivity contribution in [1.29, 1.82) is 0 Å². The highest BCUT2D eigenvalue weighted by Crippen LogP contribution is 2.15. The van der Waals surface area contributed by atoms with E-state index in [1.807, 2.05) is 6.92 Å². The molecule has 2 N–H and O–H groups in total. The van der Waals surface area contributed by atoms with Crippen molar-refractivity contribution in [3.05, 3.63) is 35.4 Å². The fraction of sp³-hybridized carbons (Fsp3) is 0.300. The number of hydrogen-bond donors (Lipinski definition) is 1. The van der Waals surface area contributed by atoms with Crippen LogP contribution in [0.5, 0.6) is 0 Å². The van der Waals surface area contributed by atoms with Crippen molar-refractivity contribution in [2.45, 2.75) is 19.9 Å². The summed E-state index contributed by atoms with van der Waals surface area (Å²) < 4.78 is 14.7. The van der Waals surface area contributed by atoms with Crippen molar-refractivity contribution in [3.63, 3.8) is 0 Å². The standard InChI is InChI=1S/C10H12FN5/c1-6-3-8(11)5-9(4-6)16-10(7(2)12)13-14-15-16/h3-5,7H,12H2,1-2H3. The zero-order chi connectivity index (χ0) is 11.7. The third-order valence-corrected chi connectivity index (χ3v) is 2.17. The Bertz CT molecular complexity index is 485. The minimum absolute atomic E-state index is 0.307. The number of benzene rings is 1. The van der Waals surface area contributed by atoms with E-state index in [-0.39, 0.29) is 11.9 Å². The van der Waals surface area contributed by atoms with E-state index in [2.05, 4.69) is 15.5 Å².